The molecule has 0 aliphatic heterocycles. The van der Waals surface area contributed by atoms with Crippen molar-refractivity contribution < 1.29 is 0 Å². The summed E-state index contributed by atoms with van der Waals surface area (Å²) in [4.78, 5) is 16.6. The molecule has 0 radical (unpaired) electrons. The largest absolute Gasteiger partial charge is 0.260 e. The van der Waals surface area contributed by atoms with Crippen LogP contribution in [0.3, 0.4) is 0 Å². The number of hydrogen-bond acceptors (Lipinski definition) is 5. The first-order valence-corrected chi connectivity index (χ1v) is 9.82. The van der Waals surface area contributed by atoms with Gasteiger partial charge >= 0.3 is 0 Å². The molecule has 0 fully saturated rings. The number of thiophene rings is 1. The van der Waals surface area contributed by atoms with Gasteiger partial charge in [-0.1, -0.05) is 24.8 Å². The summed E-state index contributed by atoms with van der Waals surface area (Å²) in [6.07, 6.45) is 5.49. The normalized spacial score (nSPS) is 17.4. The van der Waals surface area contributed by atoms with E-state index in [1.807, 2.05) is 36.6 Å². The molecule has 1 aliphatic rings. The van der Waals surface area contributed by atoms with Gasteiger partial charge in [-0.2, -0.15) is 0 Å². The summed E-state index contributed by atoms with van der Waals surface area (Å²) < 4.78 is 0. The zero-order chi connectivity index (χ0) is 15.8. The van der Waals surface area contributed by atoms with E-state index < -0.39 is 0 Å². The molecular weight excluding hydrogens is 322 g/mol. The summed E-state index contributed by atoms with van der Waals surface area (Å²) in [5.74, 6) is 2.51. The zero-order valence-corrected chi connectivity index (χ0v) is 15.0. The lowest BCUT2D eigenvalue weighted by atomic mass is 9.89. The van der Waals surface area contributed by atoms with Gasteiger partial charge in [0.2, 0.25) is 0 Å². The molecule has 1 unspecified atom stereocenters. The third kappa shape index (κ3) is 3.00. The maximum absolute atomic E-state index is 4.75. The van der Waals surface area contributed by atoms with E-state index in [1.165, 1.54) is 39.9 Å². The van der Waals surface area contributed by atoms with Crippen LogP contribution < -0.4 is 0 Å². The van der Waals surface area contributed by atoms with Crippen LogP contribution in [0, 0.1) is 12.8 Å². The molecule has 0 saturated carbocycles. The lowest BCUT2D eigenvalue weighted by molar-refractivity contribution is 0.509. The van der Waals surface area contributed by atoms with Crippen molar-refractivity contribution in [3.05, 3.63) is 46.4 Å². The molecular formula is C18H19N3S2. The average molecular weight is 342 g/mol. The zero-order valence-electron chi connectivity index (χ0n) is 13.4. The molecule has 118 valence electrons. The molecule has 0 amide bonds. The summed E-state index contributed by atoms with van der Waals surface area (Å²) >= 11 is 3.66. The van der Waals surface area contributed by atoms with Gasteiger partial charge in [-0.25, -0.2) is 9.97 Å². The average Bonchev–Trinajstić information content (AvgIpc) is 2.90. The maximum Gasteiger partial charge on any atom is 0.128 e. The molecule has 3 heterocycles. The summed E-state index contributed by atoms with van der Waals surface area (Å²) in [7, 11) is 0. The topological polar surface area (TPSA) is 38.7 Å². The number of nitrogens with zero attached hydrogens (tertiary/aromatic N) is 3. The van der Waals surface area contributed by atoms with Crippen LogP contribution in [-0.2, 0) is 18.6 Å². The standard InChI is InChI=1S/C18H19N3S2/c1-11-6-7-14-15(9-11)23-18-16(14)17(20-12(2)21-18)22-10-13-5-3-4-8-19-13/h3-5,8,11H,6-7,9-10H2,1-2H3. The first-order valence-electron chi connectivity index (χ1n) is 8.02. The van der Waals surface area contributed by atoms with Gasteiger partial charge < -0.3 is 0 Å². The highest BCUT2D eigenvalue weighted by Crippen LogP contribution is 2.41. The van der Waals surface area contributed by atoms with Gasteiger partial charge in [0.05, 0.1) is 5.69 Å². The lowest BCUT2D eigenvalue weighted by Gasteiger charge is -2.18. The van der Waals surface area contributed by atoms with Crippen molar-refractivity contribution in [3.8, 4) is 0 Å². The lowest BCUT2D eigenvalue weighted by Crippen LogP contribution is -2.08. The van der Waals surface area contributed by atoms with Gasteiger partial charge in [0.1, 0.15) is 15.7 Å². The van der Waals surface area contributed by atoms with E-state index in [2.05, 4.69) is 18.0 Å². The van der Waals surface area contributed by atoms with E-state index in [1.54, 1.807) is 11.8 Å². The van der Waals surface area contributed by atoms with Crippen LogP contribution in [0.4, 0.5) is 0 Å². The molecule has 1 aliphatic carbocycles. The fourth-order valence-electron chi connectivity index (χ4n) is 3.14. The fourth-order valence-corrected chi connectivity index (χ4v) is 5.65. The van der Waals surface area contributed by atoms with E-state index in [-0.39, 0.29) is 0 Å². The predicted octanol–water partition coefficient (Wildman–Crippen LogP) is 4.81. The number of hydrogen-bond donors (Lipinski definition) is 0. The van der Waals surface area contributed by atoms with E-state index in [0.717, 1.165) is 28.2 Å². The van der Waals surface area contributed by atoms with Gasteiger partial charge in [0.25, 0.3) is 0 Å². The Kier molecular flexibility index (Phi) is 4.07. The Morgan fingerprint density at radius 3 is 3.04 bits per heavy atom. The maximum atomic E-state index is 4.75. The van der Waals surface area contributed by atoms with Gasteiger partial charge in [0.15, 0.2) is 0 Å². The third-order valence-electron chi connectivity index (χ3n) is 4.32. The smallest absolute Gasteiger partial charge is 0.128 e. The number of aromatic nitrogens is 3. The second-order valence-electron chi connectivity index (χ2n) is 6.22. The highest BCUT2D eigenvalue weighted by Gasteiger charge is 2.23. The van der Waals surface area contributed by atoms with Crippen molar-refractivity contribution in [2.75, 3.05) is 0 Å². The Morgan fingerprint density at radius 1 is 1.30 bits per heavy atom. The van der Waals surface area contributed by atoms with E-state index in [4.69, 9.17) is 9.97 Å². The van der Waals surface area contributed by atoms with Gasteiger partial charge in [-0.15, -0.1) is 11.3 Å². The molecule has 5 heteroatoms. The van der Waals surface area contributed by atoms with Gasteiger partial charge in [0, 0.05) is 22.2 Å². The van der Waals surface area contributed by atoms with E-state index >= 15 is 0 Å². The van der Waals surface area contributed by atoms with Crippen LogP contribution in [0.15, 0.2) is 29.4 Å². The van der Waals surface area contributed by atoms with Crippen molar-refractivity contribution in [1.29, 1.82) is 0 Å². The summed E-state index contributed by atoms with van der Waals surface area (Å²) in [5, 5.41) is 2.44. The Bertz CT molecular complexity index is 842. The molecule has 0 spiro atoms. The van der Waals surface area contributed by atoms with Crippen LogP contribution in [0.2, 0.25) is 0 Å². The molecule has 3 aromatic heterocycles. The predicted molar refractivity (Wildman–Crippen MR) is 97.1 cm³/mol. The third-order valence-corrected chi connectivity index (χ3v) is 6.47. The number of thioether (sulfide) groups is 1. The molecule has 4 rings (SSSR count). The molecule has 0 aromatic carbocycles. The van der Waals surface area contributed by atoms with E-state index in [9.17, 15) is 0 Å². The molecule has 3 nitrogen and oxygen atoms in total. The van der Waals surface area contributed by atoms with Crippen LogP contribution in [0.1, 0.15) is 35.3 Å². The molecule has 23 heavy (non-hydrogen) atoms. The SMILES string of the molecule is Cc1nc(SCc2ccccn2)c2c3c(sc2n1)CC(C)CC3. The molecule has 0 N–H and O–H groups in total. The summed E-state index contributed by atoms with van der Waals surface area (Å²) in [6, 6.07) is 6.07. The number of fused-ring (bicyclic) bond motifs is 3. The molecule has 0 saturated heterocycles. The monoisotopic (exact) mass is 341 g/mol. The van der Waals surface area contributed by atoms with Gasteiger partial charge in [-0.05, 0) is 49.8 Å². The highest BCUT2D eigenvalue weighted by atomic mass is 32.2. The minimum absolute atomic E-state index is 0.786. The minimum atomic E-state index is 0.786. The van der Waals surface area contributed by atoms with Crippen molar-refractivity contribution >= 4 is 33.3 Å². The van der Waals surface area contributed by atoms with Crippen molar-refractivity contribution in [1.82, 2.24) is 15.0 Å². The molecule has 1 atom stereocenters. The quantitative estimate of drug-likeness (QED) is 0.506. The minimum Gasteiger partial charge on any atom is -0.260 e. The number of pyridine rings is 1. The van der Waals surface area contributed by atoms with Crippen molar-refractivity contribution in [2.45, 2.75) is 43.9 Å². The van der Waals surface area contributed by atoms with Crippen LogP contribution in [0.5, 0.6) is 0 Å². The Hall–Kier alpha value is -1.46. The van der Waals surface area contributed by atoms with Crippen molar-refractivity contribution in [2.24, 2.45) is 5.92 Å². The summed E-state index contributed by atoms with van der Waals surface area (Å²) in [5.41, 5.74) is 2.60. The first kappa shape index (κ1) is 15.1. The Morgan fingerprint density at radius 2 is 2.22 bits per heavy atom. The summed E-state index contributed by atoms with van der Waals surface area (Å²) in [6.45, 7) is 4.34. The van der Waals surface area contributed by atoms with Crippen LogP contribution in [-0.4, -0.2) is 15.0 Å². The second kappa shape index (κ2) is 6.21. The first-order chi connectivity index (χ1) is 11.2. The van der Waals surface area contributed by atoms with Gasteiger partial charge in [-0.3, -0.25) is 4.98 Å². The molecule has 3 aromatic rings. The van der Waals surface area contributed by atoms with Crippen molar-refractivity contribution in [3.63, 3.8) is 0 Å². The Balaban J connectivity index is 1.73. The number of aryl methyl sites for hydroxylation is 2. The molecule has 0 bridgehead atoms. The number of rotatable bonds is 3. The van der Waals surface area contributed by atoms with E-state index in [0.29, 0.717) is 0 Å². The Labute approximate surface area is 144 Å². The second-order valence-corrected chi connectivity index (χ2v) is 8.27. The fraction of sp³-hybridized carbons (Fsp3) is 0.389. The van der Waals surface area contributed by atoms with Crippen LogP contribution >= 0.6 is 23.1 Å². The highest BCUT2D eigenvalue weighted by molar-refractivity contribution is 7.98. The van der Waals surface area contributed by atoms with Crippen LogP contribution in [0.25, 0.3) is 10.2 Å².